The van der Waals surface area contributed by atoms with E-state index in [4.69, 9.17) is 0 Å². The molecule has 0 aliphatic heterocycles. The van der Waals surface area contributed by atoms with Gasteiger partial charge in [0.05, 0.1) is 0 Å². The van der Waals surface area contributed by atoms with Crippen molar-refractivity contribution in [2.75, 3.05) is 0 Å². The fourth-order valence-electron chi connectivity index (χ4n) is 5.32. The maximum atomic E-state index is 12.2. The molecule has 0 saturated heterocycles. The Morgan fingerprint density at radius 1 is 0.719 bits per heavy atom. The van der Waals surface area contributed by atoms with Crippen molar-refractivity contribution in [2.45, 2.75) is 106 Å². The van der Waals surface area contributed by atoms with E-state index in [0.29, 0.717) is 23.7 Å². The van der Waals surface area contributed by atoms with E-state index in [1.54, 1.807) is 0 Å². The first-order chi connectivity index (χ1) is 14.4. The van der Waals surface area contributed by atoms with Crippen LogP contribution in [0.3, 0.4) is 0 Å². The zero-order chi connectivity index (χ0) is 25.1. The number of nitrogens with one attached hydrogen (secondary N) is 2. The second-order valence-electron chi connectivity index (χ2n) is 13.1. The summed E-state index contributed by atoms with van der Waals surface area (Å²) < 4.78 is 0. The summed E-state index contributed by atoms with van der Waals surface area (Å²) in [6.45, 7) is 28.4. The quantitative estimate of drug-likeness (QED) is 0.499. The van der Waals surface area contributed by atoms with Crippen molar-refractivity contribution >= 4 is 11.8 Å². The van der Waals surface area contributed by atoms with Crippen LogP contribution in [0.1, 0.15) is 94.9 Å². The van der Waals surface area contributed by atoms with Crippen molar-refractivity contribution in [2.24, 2.45) is 34.5 Å². The topological polar surface area (TPSA) is 58.2 Å². The minimum absolute atomic E-state index is 0.143. The Balaban J connectivity index is 0.000000320. The summed E-state index contributed by atoms with van der Waals surface area (Å²) >= 11 is 0. The Bertz CT molecular complexity index is 639. The van der Waals surface area contributed by atoms with Gasteiger partial charge >= 0.3 is 0 Å². The summed E-state index contributed by atoms with van der Waals surface area (Å²) in [6, 6.07) is 0. The second kappa shape index (κ2) is 10.1. The lowest BCUT2D eigenvalue weighted by Gasteiger charge is -2.29. The second-order valence-corrected chi connectivity index (χ2v) is 13.1. The van der Waals surface area contributed by atoms with Crippen LogP contribution in [-0.2, 0) is 9.59 Å². The molecule has 2 amide bonds. The number of rotatable bonds is 4. The van der Waals surface area contributed by atoms with E-state index in [-0.39, 0.29) is 33.7 Å². The summed E-state index contributed by atoms with van der Waals surface area (Å²) in [4.78, 5) is 24.5. The SMILES string of the molecule is C=C[C@H]1C[C@@](C)(C(=O)NC(C)(C)C)C[C@@H]1C.C=C[C@H]1C[C@](C)(C(=O)NC(C)(C)C)C[C@@H]1C. The monoisotopic (exact) mass is 446 g/mol. The first-order valence-electron chi connectivity index (χ1n) is 12.3. The average molecular weight is 447 g/mol. The van der Waals surface area contributed by atoms with Gasteiger partial charge in [-0.05, 0) is 90.9 Å². The molecule has 0 spiro atoms. The van der Waals surface area contributed by atoms with Crippen LogP contribution >= 0.6 is 0 Å². The Kier molecular flexibility index (Phi) is 9.01. The Labute approximate surface area is 198 Å². The molecule has 2 aliphatic rings. The third kappa shape index (κ3) is 7.78. The predicted molar refractivity (Wildman–Crippen MR) is 136 cm³/mol. The lowest BCUT2D eigenvalue weighted by molar-refractivity contribution is -0.132. The van der Waals surface area contributed by atoms with E-state index in [9.17, 15) is 9.59 Å². The van der Waals surface area contributed by atoms with Crippen molar-refractivity contribution < 1.29 is 9.59 Å². The molecule has 6 atom stereocenters. The van der Waals surface area contributed by atoms with Gasteiger partial charge < -0.3 is 10.6 Å². The third-order valence-electron chi connectivity index (χ3n) is 7.06. The molecule has 2 saturated carbocycles. The van der Waals surface area contributed by atoms with E-state index in [1.165, 1.54) is 0 Å². The minimum atomic E-state index is -0.217. The van der Waals surface area contributed by atoms with Crippen molar-refractivity contribution in [1.29, 1.82) is 0 Å². The third-order valence-corrected chi connectivity index (χ3v) is 7.06. The molecule has 0 unspecified atom stereocenters. The highest BCUT2D eigenvalue weighted by Gasteiger charge is 2.45. The molecule has 0 bridgehead atoms. The molecular formula is C28H50N2O2. The highest BCUT2D eigenvalue weighted by atomic mass is 16.2. The zero-order valence-electron chi connectivity index (χ0n) is 22.5. The van der Waals surface area contributed by atoms with Crippen molar-refractivity contribution in [3.63, 3.8) is 0 Å². The van der Waals surface area contributed by atoms with E-state index < -0.39 is 0 Å². The minimum Gasteiger partial charge on any atom is -0.351 e. The smallest absolute Gasteiger partial charge is 0.226 e. The number of hydrogen-bond donors (Lipinski definition) is 2. The average Bonchev–Trinajstić information content (AvgIpc) is 3.09. The summed E-state index contributed by atoms with van der Waals surface area (Å²) in [7, 11) is 0. The van der Waals surface area contributed by atoms with Crippen LogP contribution in [0.5, 0.6) is 0 Å². The zero-order valence-corrected chi connectivity index (χ0v) is 22.5. The van der Waals surface area contributed by atoms with Crippen LogP contribution in [0.25, 0.3) is 0 Å². The number of carbonyl (C=O) groups is 2. The fourth-order valence-corrected chi connectivity index (χ4v) is 5.32. The number of hydrogen-bond acceptors (Lipinski definition) is 2. The van der Waals surface area contributed by atoms with Gasteiger partial charge in [0.1, 0.15) is 0 Å². The van der Waals surface area contributed by atoms with Crippen LogP contribution in [0.15, 0.2) is 25.3 Å². The van der Waals surface area contributed by atoms with Gasteiger partial charge in [-0.25, -0.2) is 0 Å². The molecule has 2 N–H and O–H groups in total. The molecule has 0 aromatic heterocycles. The van der Waals surface area contributed by atoms with E-state index in [0.717, 1.165) is 25.7 Å². The van der Waals surface area contributed by atoms with Crippen molar-refractivity contribution in [3.05, 3.63) is 25.3 Å². The molecule has 2 rings (SSSR count). The number of amides is 2. The standard InChI is InChI=1S/2C14H25NO/c2*1-7-11-9-14(6,8-10(11)2)12(16)15-13(3,4)5/h2*7,10-11H,1,8-9H2,2-6H3,(H,15,16)/t10-,11-,14+;10-,11-,14-/m00/s1. The Morgan fingerprint density at radius 3 is 1.19 bits per heavy atom. The summed E-state index contributed by atoms with van der Waals surface area (Å²) in [5.74, 6) is 2.47. The summed E-state index contributed by atoms with van der Waals surface area (Å²) in [5, 5.41) is 6.19. The van der Waals surface area contributed by atoms with Gasteiger partial charge in [0, 0.05) is 21.9 Å². The Hall–Kier alpha value is -1.58. The normalized spacial score (nSPS) is 34.8. The molecule has 32 heavy (non-hydrogen) atoms. The van der Waals surface area contributed by atoms with E-state index >= 15 is 0 Å². The predicted octanol–water partition coefficient (Wildman–Crippen LogP) is 6.28. The largest absolute Gasteiger partial charge is 0.351 e. The van der Waals surface area contributed by atoms with Crippen LogP contribution in [0.2, 0.25) is 0 Å². The maximum Gasteiger partial charge on any atom is 0.226 e. The van der Waals surface area contributed by atoms with Gasteiger partial charge in [0.15, 0.2) is 0 Å². The van der Waals surface area contributed by atoms with Crippen molar-refractivity contribution in [3.8, 4) is 0 Å². The van der Waals surface area contributed by atoms with Gasteiger partial charge in [0.2, 0.25) is 11.8 Å². The number of carbonyl (C=O) groups excluding carboxylic acids is 2. The highest BCUT2D eigenvalue weighted by Crippen LogP contribution is 2.47. The molecule has 184 valence electrons. The molecule has 0 aromatic rings. The first kappa shape index (κ1) is 28.5. The molecule has 0 aromatic carbocycles. The molecular weight excluding hydrogens is 396 g/mol. The maximum absolute atomic E-state index is 12.2. The first-order valence-corrected chi connectivity index (χ1v) is 12.3. The lowest BCUT2D eigenvalue weighted by Crippen LogP contribution is -2.47. The van der Waals surface area contributed by atoms with Gasteiger partial charge in [-0.3, -0.25) is 9.59 Å². The number of allylic oxidation sites excluding steroid dienone is 2. The Morgan fingerprint density at radius 2 is 1.00 bits per heavy atom. The van der Waals surface area contributed by atoms with Crippen LogP contribution in [-0.4, -0.2) is 22.9 Å². The highest BCUT2D eigenvalue weighted by molar-refractivity contribution is 5.83. The molecule has 4 nitrogen and oxygen atoms in total. The van der Waals surface area contributed by atoms with Gasteiger partial charge in [-0.2, -0.15) is 0 Å². The van der Waals surface area contributed by atoms with Crippen LogP contribution in [0.4, 0.5) is 0 Å². The molecule has 2 aliphatic carbocycles. The van der Waals surface area contributed by atoms with Crippen molar-refractivity contribution in [1.82, 2.24) is 10.6 Å². The lowest BCUT2D eigenvalue weighted by atomic mass is 9.85. The van der Waals surface area contributed by atoms with Gasteiger partial charge in [0.25, 0.3) is 0 Å². The van der Waals surface area contributed by atoms with Crippen LogP contribution < -0.4 is 10.6 Å². The fraction of sp³-hybridized carbons (Fsp3) is 0.786. The molecule has 2 fully saturated rings. The van der Waals surface area contributed by atoms with Crippen LogP contribution in [0, 0.1) is 34.5 Å². The summed E-state index contributed by atoms with van der Waals surface area (Å²) in [6.07, 6.45) is 7.79. The van der Waals surface area contributed by atoms with Gasteiger partial charge in [-0.15, -0.1) is 13.2 Å². The van der Waals surface area contributed by atoms with E-state index in [2.05, 4.69) is 51.5 Å². The van der Waals surface area contributed by atoms with E-state index in [1.807, 2.05) is 53.7 Å². The molecule has 0 heterocycles. The van der Waals surface area contributed by atoms with Gasteiger partial charge in [-0.1, -0.05) is 39.8 Å². The molecule has 4 heteroatoms. The summed E-state index contributed by atoms with van der Waals surface area (Å²) in [5.41, 5.74) is -0.720. The molecule has 0 radical (unpaired) electrons.